The lowest BCUT2D eigenvalue weighted by molar-refractivity contribution is -0.132. The van der Waals surface area contributed by atoms with E-state index < -0.39 is 11.9 Å². The van der Waals surface area contributed by atoms with Crippen LogP contribution < -0.4 is 5.32 Å². The number of pyridine rings is 1. The molecular weight excluding hydrogens is 320 g/mol. The van der Waals surface area contributed by atoms with Crippen LogP contribution in [0.2, 0.25) is 0 Å². The Morgan fingerprint density at radius 2 is 1.84 bits per heavy atom. The van der Waals surface area contributed by atoms with Crippen LogP contribution >= 0.6 is 0 Å². The minimum atomic E-state index is -1.27. The van der Waals surface area contributed by atoms with Gasteiger partial charge in [0, 0.05) is 24.0 Å². The summed E-state index contributed by atoms with van der Waals surface area (Å²) in [6.07, 6.45) is 4.15. The van der Waals surface area contributed by atoms with Gasteiger partial charge in [0.05, 0.1) is 5.56 Å². The van der Waals surface area contributed by atoms with Gasteiger partial charge in [0.15, 0.2) is 0 Å². The van der Waals surface area contributed by atoms with E-state index in [1.807, 2.05) is 30.3 Å². The number of hydrogen-bond donors (Lipinski definition) is 2. The highest BCUT2D eigenvalue weighted by molar-refractivity contribution is 6.02. The molecule has 25 heavy (non-hydrogen) atoms. The number of aromatic nitrogens is 1. The molecule has 1 amide bonds. The lowest BCUT2D eigenvalue weighted by atomic mass is 10.2. The molecule has 0 unspecified atom stereocenters. The van der Waals surface area contributed by atoms with Gasteiger partial charge in [-0.2, -0.15) is 0 Å². The molecule has 6 heteroatoms. The number of nitrogens with zero attached hydrogens (tertiary/aromatic N) is 1. The zero-order chi connectivity index (χ0) is 17.6. The van der Waals surface area contributed by atoms with Crippen molar-refractivity contribution in [3.63, 3.8) is 0 Å². The number of carboxylic acids is 1. The highest BCUT2D eigenvalue weighted by atomic mass is 16.4. The van der Waals surface area contributed by atoms with E-state index in [2.05, 4.69) is 10.3 Å². The third kappa shape index (κ3) is 4.00. The summed E-state index contributed by atoms with van der Waals surface area (Å²) in [7, 11) is 0. The number of carboxylic acid groups (broad SMARTS) is 1. The van der Waals surface area contributed by atoms with E-state index in [-0.39, 0.29) is 11.3 Å². The molecule has 0 spiro atoms. The molecule has 0 saturated heterocycles. The predicted molar refractivity (Wildman–Crippen MR) is 91.5 cm³/mol. The fourth-order valence-electron chi connectivity index (χ4n) is 2.17. The maximum absolute atomic E-state index is 12.1. The van der Waals surface area contributed by atoms with Crippen LogP contribution in [0.3, 0.4) is 0 Å². The predicted octanol–water partition coefficient (Wildman–Crippen LogP) is 3.20. The lowest BCUT2D eigenvalue weighted by Gasteiger charge is -2.05. The number of carbonyl (C=O) groups excluding carboxylic acids is 1. The second-order valence-electron chi connectivity index (χ2n) is 5.13. The first kappa shape index (κ1) is 16.2. The summed E-state index contributed by atoms with van der Waals surface area (Å²) in [4.78, 5) is 27.3. The van der Waals surface area contributed by atoms with Crippen molar-refractivity contribution in [2.75, 3.05) is 0 Å². The van der Waals surface area contributed by atoms with E-state index in [0.29, 0.717) is 11.5 Å². The average Bonchev–Trinajstić information content (AvgIpc) is 3.11. The van der Waals surface area contributed by atoms with Crippen LogP contribution in [0.15, 0.2) is 77.1 Å². The largest absolute Gasteiger partial charge is 0.477 e. The Kier molecular flexibility index (Phi) is 4.71. The van der Waals surface area contributed by atoms with Gasteiger partial charge in [0.1, 0.15) is 17.2 Å². The molecule has 0 bridgehead atoms. The molecule has 0 fully saturated rings. The van der Waals surface area contributed by atoms with Gasteiger partial charge < -0.3 is 14.8 Å². The van der Waals surface area contributed by atoms with Crippen LogP contribution in [0, 0.1) is 0 Å². The van der Waals surface area contributed by atoms with Gasteiger partial charge in [0.25, 0.3) is 5.91 Å². The number of rotatable bonds is 5. The van der Waals surface area contributed by atoms with Crippen LogP contribution in [-0.4, -0.2) is 22.0 Å². The molecule has 0 aliphatic heterocycles. The van der Waals surface area contributed by atoms with E-state index in [0.717, 1.165) is 5.56 Å². The number of nitrogens with one attached hydrogen (secondary N) is 1. The fraction of sp³-hybridized carbons (Fsp3) is 0. The smallest absolute Gasteiger partial charge is 0.352 e. The number of benzene rings is 1. The summed E-state index contributed by atoms with van der Waals surface area (Å²) < 4.78 is 5.63. The highest BCUT2D eigenvalue weighted by Gasteiger charge is 2.14. The molecule has 2 aromatic heterocycles. The summed E-state index contributed by atoms with van der Waals surface area (Å²) in [6.45, 7) is 0. The van der Waals surface area contributed by atoms with Crippen molar-refractivity contribution in [2.45, 2.75) is 0 Å². The molecule has 0 saturated carbocycles. The molecule has 0 aliphatic rings. The van der Waals surface area contributed by atoms with Crippen LogP contribution in [0.25, 0.3) is 17.4 Å². The maximum Gasteiger partial charge on any atom is 0.352 e. The number of carbonyl (C=O) groups is 2. The first-order chi connectivity index (χ1) is 12.1. The standard InChI is InChI=1S/C19H14N2O4/c22-18(14-7-4-10-20-12-14)21-16(19(23)24)11-15-8-9-17(25-15)13-5-2-1-3-6-13/h1-12H,(H,21,22)(H,23,24)/b16-11+. The quantitative estimate of drug-likeness (QED) is 0.699. The first-order valence-corrected chi connectivity index (χ1v) is 7.45. The summed E-state index contributed by atoms with van der Waals surface area (Å²) in [5.74, 6) is -0.899. The SMILES string of the molecule is O=C(O)/C(=C\c1ccc(-c2ccccc2)o1)NC(=O)c1cccnc1. The number of furan rings is 1. The van der Waals surface area contributed by atoms with Gasteiger partial charge in [-0.1, -0.05) is 30.3 Å². The average molecular weight is 334 g/mol. The monoisotopic (exact) mass is 334 g/mol. The molecular formula is C19H14N2O4. The zero-order valence-corrected chi connectivity index (χ0v) is 13.0. The minimum Gasteiger partial charge on any atom is -0.477 e. The van der Waals surface area contributed by atoms with Gasteiger partial charge in [-0.15, -0.1) is 0 Å². The van der Waals surface area contributed by atoms with Crippen LogP contribution in [-0.2, 0) is 4.79 Å². The minimum absolute atomic E-state index is 0.263. The van der Waals surface area contributed by atoms with Gasteiger partial charge >= 0.3 is 5.97 Å². The Morgan fingerprint density at radius 3 is 2.52 bits per heavy atom. The van der Waals surface area contributed by atoms with Crippen molar-refractivity contribution in [1.82, 2.24) is 10.3 Å². The molecule has 6 nitrogen and oxygen atoms in total. The zero-order valence-electron chi connectivity index (χ0n) is 13.0. The van der Waals surface area contributed by atoms with Crippen molar-refractivity contribution >= 4 is 18.0 Å². The Balaban J connectivity index is 1.82. The molecule has 2 heterocycles. The van der Waals surface area contributed by atoms with Crippen molar-refractivity contribution in [2.24, 2.45) is 0 Å². The topological polar surface area (TPSA) is 92.4 Å². The molecule has 0 aliphatic carbocycles. The Bertz CT molecular complexity index is 915. The van der Waals surface area contributed by atoms with E-state index in [4.69, 9.17) is 4.42 Å². The van der Waals surface area contributed by atoms with E-state index >= 15 is 0 Å². The Hall–Kier alpha value is -3.67. The van der Waals surface area contributed by atoms with E-state index in [1.165, 1.54) is 18.5 Å². The summed E-state index contributed by atoms with van der Waals surface area (Å²) in [5, 5.41) is 11.7. The summed E-state index contributed by atoms with van der Waals surface area (Å²) in [6, 6.07) is 15.9. The third-order valence-electron chi connectivity index (χ3n) is 3.37. The molecule has 124 valence electrons. The molecule has 0 radical (unpaired) electrons. The second kappa shape index (κ2) is 7.27. The van der Waals surface area contributed by atoms with Crippen LogP contribution in [0.4, 0.5) is 0 Å². The van der Waals surface area contributed by atoms with Gasteiger partial charge in [-0.05, 0) is 24.3 Å². The first-order valence-electron chi connectivity index (χ1n) is 7.45. The number of hydrogen-bond acceptors (Lipinski definition) is 4. The van der Waals surface area contributed by atoms with E-state index in [9.17, 15) is 14.7 Å². The molecule has 3 rings (SSSR count). The maximum atomic E-state index is 12.1. The Labute approximate surface area is 143 Å². The van der Waals surface area contributed by atoms with Crippen molar-refractivity contribution < 1.29 is 19.1 Å². The van der Waals surface area contributed by atoms with Crippen molar-refractivity contribution in [1.29, 1.82) is 0 Å². The summed E-state index contributed by atoms with van der Waals surface area (Å²) in [5.41, 5.74) is 0.848. The van der Waals surface area contributed by atoms with Gasteiger partial charge in [-0.3, -0.25) is 9.78 Å². The summed E-state index contributed by atoms with van der Waals surface area (Å²) >= 11 is 0. The van der Waals surface area contributed by atoms with Crippen molar-refractivity contribution in [3.8, 4) is 11.3 Å². The number of amides is 1. The molecule has 3 aromatic rings. The molecule has 1 aromatic carbocycles. The normalized spacial score (nSPS) is 11.1. The highest BCUT2D eigenvalue weighted by Crippen LogP contribution is 2.22. The van der Waals surface area contributed by atoms with E-state index in [1.54, 1.807) is 24.3 Å². The van der Waals surface area contributed by atoms with Crippen LogP contribution in [0.1, 0.15) is 16.1 Å². The van der Waals surface area contributed by atoms with Crippen molar-refractivity contribution in [3.05, 3.63) is 84.0 Å². The molecule has 2 N–H and O–H groups in total. The van der Waals surface area contributed by atoms with Gasteiger partial charge in [-0.25, -0.2) is 4.79 Å². The lowest BCUT2D eigenvalue weighted by Crippen LogP contribution is -2.27. The second-order valence-corrected chi connectivity index (χ2v) is 5.13. The fourth-order valence-corrected chi connectivity index (χ4v) is 2.17. The Morgan fingerprint density at radius 1 is 1.04 bits per heavy atom. The number of aliphatic carboxylic acids is 1. The molecule has 0 atom stereocenters. The third-order valence-corrected chi connectivity index (χ3v) is 3.37. The van der Waals surface area contributed by atoms with Gasteiger partial charge in [0.2, 0.25) is 0 Å². The van der Waals surface area contributed by atoms with Crippen LogP contribution in [0.5, 0.6) is 0 Å².